The van der Waals surface area contributed by atoms with Crippen molar-refractivity contribution in [2.24, 2.45) is 5.90 Å². The minimum absolute atomic E-state index is 0.0229. The zero-order chi connectivity index (χ0) is 71.4. The molecular formula is C64H57F9N3O12P5. The van der Waals surface area contributed by atoms with Crippen molar-refractivity contribution < 1.29 is 97.0 Å². The van der Waals surface area contributed by atoms with Gasteiger partial charge in [0.2, 0.25) is 5.78 Å². The fraction of sp³-hybridized carbons (Fsp3) is 0.188. The molecule has 488 valence electrons. The van der Waals surface area contributed by atoms with Crippen molar-refractivity contribution in [3.05, 3.63) is 132 Å². The monoisotopic (exact) mass is 1390 g/mol. The van der Waals surface area contributed by atoms with Gasteiger partial charge in [-0.2, -0.15) is 39.5 Å². The Hall–Kier alpha value is -9.54. The molecule has 29 heteroatoms. The number of carbonyl (C=O) groups is 4. The molecule has 0 aliphatic heterocycles. The predicted octanol–water partition coefficient (Wildman–Crippen LogP) is 14.0. The van der Waals surface area contributed by atoms with Crippen LogP contribution in [0.1, 0.15) is 66.2 Å². The number of hydrogen-bond donors (Lipinski definition) is 3. The van der Waals surface area contributed by atoms with Gasteiger partial charge in [0.05, 0.1) is 56.6 Å². The quantitative estimate of drug-likeness (QED) is 0.0209. The van der Waals surface area contributed by atoms with Crippen LogP contribution in [0.2, 0.25) is 0 Å². The topological polar surface area (TPSA) is 224 Å². The van der Waals surface area contributed by atoms with E-state index >= 15 is 0 Å². The van der Waals surface area contributed by atoms with Crippen molar-refractivity contribution in [3.63, 3.8) is 0 Å². The van der Waals surface area contributed by atoms with E-state index in [2.05, 4.69) is 146 Å². The minimum Gasteiger partial charge on any atom is -0.507 e. The molecule has 0 fully saturated rings. The van der Waals surface area contributed by atoms with Crippen LogP contribution in [0.4, 0.5) is 39.5 Å². The van der Waals surface area contributed by atoms with Crippen molar-refractivity contribution in [1.29, 1.82) is 0 Å². The first-order valence-corrected chi connectivity index (χ1v) is 33.1. The van der Waals surface area contributed by atoms with Crippen LogP contribution in [0.5, 0.6) is 23.0 Å². The molecular weight excluding hydrogens is 1330 g/mol. The van der Waals surface area contributed by atoms with E-state index in [0.29, 0.717) is 29.2 Å². The number of aromatic nitrogens is 2. The molecule has 4 N–H and O–H groups in total. The van der Waals surface area contributed by atoms with Gasteiger partial charge in [-0.3, -0.25) is 19.2 Å². The van der Waals surface area contributed by atoms with Crippen LogP contribution in [0.3, 0.4) is 0 Å². The number of benzene rings is 4. The number of carbonyl (C=O) groups excluding carboxylic acids is 4. The Labute approximate surface area is 542 Å². The molecule has 4 unspecified atom stereocenters. The van der Waals surface area contributed by atoms with Crippen LogP contribution in [0.15, 0.2) is 118 Å². The van der Waals surface area contributed by atoms with E-state index in [0.717, 1.165) is 20.1 Å². The third-order valence-electron chi connectivity index (χ3n) is 9.07. The molecule has 0 spiro atoms. The number of phenolic OH excluding ortho intramolecular Hbond substituents is 1. The molecule has 0 aliphatic carbocycles. The summed E-state index contributed by atoms with van der Waals surface area (Å²) in [5.41, 5.74) is -0.977. The SMILES string of the molecule is C#CC#CC#CC#CC.C#CC#CC#CC#CC#C.CCOC(C)=O.COc1ccccc1-c1cc(C(F)(F)F)no1.COc1ccccc1C(=O)CC(=O)C(F)(F)F.COc1ccccc1C(C)=O.NO.Oc1ccccc1-c1cc(C(F)(F)F)no1.PPP(P)P. The highest BCUT2D eigenvalue weighted by atomic mass is 32.8. The normalized spacial score (nSPS) is 9.15. The minimum atomic E-state index is -4.99. The molecule has 6 aromatic rings. The Morgan fingerprint density at radius 3 is 1.27 bits per heavy atom. The molecule has 2 heterocycles. The van der Waals surface area contributed by atoms with E-state index in [1.54, 1.807) is 75.6 Å². The second-order valence-electron chi connectivity index (χ2n) is 15.4. The Kier molecular flexibility index (Phi) is 48.2. The van der Waals surface area contributed by atoms with E-state index in [9.17, 15) is 63.8 Å². The number of hydrogen-bond acceptors (Lipinski definition) is 15. The first-order chi connectivity index (χ1) is 44.0. The maximum Gasteiger partial charge on any atom is 0.450 e. The van der Waals surface area contributed by atoms with Gasteiger partial charge in [0.15, 0.2) is 34.5 Å². The number of ether oxygens (including phenoxy) is 4. The fourth-order valence-electron chi connectivity index (χ4n) is 5.35. The Morgan fingerprint density at radius 2 is 0.946 bits per heavy atom. The number of nitrogens with zero attached hydrogens (tertiary/aromatic N) is 2. The second-order valence-corrected chi connectivity index (χ2v) is 29.3. The average Bonchev–Trinajstić information content (AvgIpc) is 1.76. The standard InChI is InChI=1S/C11H8F3NO2.C11H9F3O3.C10H6F3NO2.C10H2.C9H10O2.C9H4.C4H8O2.H3NO.H7P5/c1-16-8-5-3-2-4-7(8)9-6-10(15-17-9)11(12,13)14;1-17-9-5-3-2-4-7(9)8(15)6-10(16)11(12,13)14;11-10(12,13)9-5-8(16-14-9)6-3-1-2-4-7(6)15;1-3-5-7-9-10-8-6-4-2;1-7(10)8-5-3-4-6-9(8)11-2;1-3-5-7-9-8-6-4-2;1-3-6-4(2)5;1-2;1-4-5(2)3/h2-6H,1H3;2-5H,6H2,1H3;1-5,15H;1-2H;3-6H,1-2H3;1H,2H3;3H2,1-2H3;2H,1H2;4H,1-3H2. The molecule has 93 heavy (non-hydrogen) atoms. The summed E-state index contributed by atoms with van der Waals surface area (Å²) in [5.74, 6) is 36.7. The second kappa shape index (κ2) is 51.1. The van der Waals surface area contributed by atoms with Gasteiger partial charge in [0, 0.05) is 19.1 Å². The van der Waals surface area contributed by atoms with Crippen molar-refractivity contribution in [2.45, 2.75) is 52.6 Å². The highest BCUT2D eigenvalue weighted by Crippen LogP contribution is 2.71. The summed E-state index contributed by atoms with van der Waals surface area (Å²) in [5, 5.41) is 21.8. The predicted molar refractivity (Wildman–Crippen MR) is 350 cm³/mol. The van der Waals surface area contributed by atoms with Crippen molar-refractivity contribution in [1.82, 2.24) is 10.3 Å². The molecule has 0 radical (unpaired) electrons. The summed E-state index contributed by atoms with van der Waals surface area (Å²) in [6, 6.07) is 27.1. The third-order valence-corrected chi connectivity index (χ3v) is 21.0. The zero-order valence-electron chi connectivity index (χ0n) is 50.1. The van der Waals surface area contributed by atoms with Crippen molar-refractivity contribution in [3.8, 4) is 154 Å². The zero-order valence-corrected chi connectivity index (χ0v) is 55.4. The van der Waals surface area contributed by atoms with Crippen molar-refractivity contribution in [2.75, 3.05) is 27.9 Å². The summed E-state index contributed by atoms with van der Waals surface area (Å²) < 4.78 is 138. The fourth-order valence-corrected chi connectivity index (χ4v) is 5.35. The highest BCUT2D eigenvalue weighted by molar-refractivity contribution is 8.77. The first-order valence-electron chi connectivity index (χ1n) is 24.8. The Balaban J connectivity index is -0.00000102. The summed E-state index contributed by atoms with van der Waals surface area (Å²) in [6.45, 7) is 7.12. The first kappa shape index (κ1) is 87.7. The molecule has 15 nitrogen and oxygen atoms in total. The summed E-state index contributed by atoms with van der Waals surface area (Å²) in [6.07, 6.45) is -0.817. The highest BCUT2D eigenvalue weighted by Gasteiger charge is 2.40. The molecule has 0 amide bonds. The Bertz CT molecular complexity index is 3820. The van der Waals surface area contributed by atoms with Crippen LogP contribution in [-0.4, -0.2) is 78.1 Å². The molecule has 4 atom stereocenters. The Morgan fingerprint density at radius 1 is 0.591 bits per heavy atom. The largest absolute Gasteiger partial charge is 0.507 e. The summed E-state index contributed by atoms with van der Waals surface area (Å²) >= 11 is 0. The average molecular weight is 1390 g/mol. The van der Waals surface area contributed by atoms with Crippen LogP contribution in [0.25, 0.3) is 22.6 Å². The number of methoxy groups -OCH3 is 3. The lowest BCUT2D eigenvalue weighted by atomic mass is 10.0. The third kappa shape index (κ3) is 40.7. The molecule has 6 rings (SSSR count). The number of alkyl halides is 9. The van der Waals surface area contributed by atoms with Crippen LogP contribution < -0.4 is 20.1 Å². The van der Waals surface area contributed by atoms with E-state index < -0.39 is 47.9 Å². The van der Waals surface area contributed by atoms with Gasteiger partial charge in [-0.15, -0.1) is 46.1 Å². The lowest BCUT2D eigenvalue weighted by Crippen LogP contribution is -2.25. The van der Waals surface area contributed by atoms with Gasteiger partial charge in [-0.25, -0.2) is 5.90 Å². The van der Waals surface area contributed by atoms with Gasteiger partial charge in [0.1, 0.15) is 23.0 Å². The van der Waals surface area contributed by atoms with E-state index in [-0.39, 0.29) is 52.9 Å². The molecule has 0 saturated heterocycles. The van der Waals surface area contributed by atoms with Crippen LogP contribution in [0, 0.1) is 108 Å². The van der Waals surface area contributed by atoms with Crippen molar-refractivity contribution >= 4 is 65.0 Å². The number of para-hydroxylation sites is 4. The molecule has 2 aromatic heterocycles. The molecule has 4 aromatic carbocycles. The number of esters is 1. The molecule has 0 saturated carbocycles. The van der Waals surface area contributed by atoms with Gasteiger partial charge in [-0.1, -0.05) is 72.7 Å². The van der Waals surface area contributed by atoms with Crippen LogP contribution in [-0.2, 0) is 26.7 Å². The molecule has 0 bridgehead atoms. The van der Waals surface area contributed by atoms with E-state index in [1.807, 2.05) is 12.1 Å². The maximum atomic E-state index is 12.3. The number of phenols is 1. The number of nitrogens with two attached hydrogens (primary N) is 1. The van der Waals surface area contributed by atoms with Gasteiger partial charge >= 0.3 is 24.5 Å². The number of rotatable bonds is 11. The number of terminal acetylenes is 3. The maximum absolute atomic E-state index is 12.3. The van der Waals surface area contributed by atoms with E-state index in [4.69, 9.17) is 38.7 Å². The van der Waals surface area contributed by atoms with Crippen LogP contribution >= 0.6 is 41.7 Å². The number of aromatic hydroxyl groups is 1. The summed E-state index contributed by atoms with van der Waals surface area (Å²) in [7, 11) is 13.5. The lowest BCUT2D eigenvalue weighted by Gasteiger charge is -2.07. The number of halogens is 9. The number of ketones is 3. The molecule has 0 aliphatic rings. The van der Waals surface area contributed by atoms with Gasteiger partial charge in [-0.05, 0) is 159 Å². The summed E-state index contributed by atoms with van der Waals surface area (Å²) in [4.78, 5) is 42.9. The smallest absolute Gasteiger partial charge is 0.450 e. The van der Waals surface area contributed by atoms with Gasteiger partial charge in [0.25, 0.3) is 0 Å². The lowest BCUT2D eigenvalue weighted by molar-refractivity contribution is -0.170. The van der Waals surface area contributed by atoms with E-state index in [1.165, 1.54) is 58.4 Å². The number of Topliss-reactive ketones (excluding diaryl/α,β-unsaturated/α-hetero) is 3. The van der Waals surface area contributed by atoms with Gasteiger partial charge < -0.3 is 38.3 Å².